The van der Waals surface area contributed by atoms with Crippen LogP contribution in [0.3, 0.4) is 0 Å². The van der Waals surface area contributed by atoms with Crippen molar-refractivity contribution >= 4 is 51.7 Å². The van der Waals surface area contributed by atoms with Crippen LogP contribution in [-0.2, 0) is 4.79 Å². The second-order valence-electron chi connectivity index (χ2n) is 7.52. The first kappa shape index (κ1) is 20.1. The first-order chi connectivity index (χ1) is 14.0. The van der Waals surface area contributed by atoms with Crippen LogP contribution >= 0.6 is 24.0 Å². The topological polar surface area (TPSA) is 66.7 Å². The Kier molecular flexibility index (Phi) is 5.74. The third kappa shape index (κ3) is 3.96. The van der Waals surface area contributed by atoms with Gasteiger partial charge in [0.15, 0.2) is 0 Å². The molecule has 8 heteroatoms. The summed E-state index contributed by atoms with van der Waals surface area (Å²) < 4.78 is 2.07. The molecule has 1 amide bonds. The number of hydrogen-bond acceptors (Lipinski definition) is 6. The van der Waals surface area contributed by atoms with E-state index in [1.165, 1.54) is 31.0 Å². The Morgan fingerprint density at radius 2 is 2.03 bits per heavy atom. The summed E-state index contributed by atoms with van der Waals surface area (Å²) in [5.74, 6) is 0.396. The molecule has 1 saturated carbocycles. The van der Waals surface area contributed by atoms with Crippen molar-refractivity contribution in [2.75, 3.05) is 11.9 Å². The molecule has 2 aromatic heterocycles. The van der Waals surface area contributed by atoms with Gasteiger partial charge in [-0.25, -0.2) is 4.98 Å². The van der Waals surface area contributed by atoms with E-state index in [4.69, 9.17) is 17.2 Å². The van der Waals surface area contributed by atoms with Gasteiger partial charge in [0.1, 0.15) is 15.8 Å². The first-order valence-corrected chi connectivity index (χ1v) is 11.3. The van der Waals surface area contributed by atoms with E-state index in [0.717, 1.165) is 18.4 Å². The van der Waals surface area contributed by atoms with Crippen molar-refractivity contribution in [1.29, 1.82) is 0 Å². The summed E-state index contributed by atoms with van der Waals surface area (Å²) in [6.07, 6.45) is 9.16. The summed E-state index contributed by atoms with van der Waals surface area (Å²) in [5, 5.41) is 3.49. The van der Waals surface area contributed by atoms with Crippen molar-refractivity contribution in [1.82, 2.24) is 14.3 Å². The molecule has 2 aliphatic rings. The van der Waals surface area contributed by atoms with Gasteiger partial charge in [-0.15, -0.1) is 0 Å². The van der Waals surface area contributed by atoms with Crippen LogP contribution < -0.4 is 10.9 Å². The Hall–Kier alpha value is -2.19. The number of aryl methyl sites for hydroxylation is 1. The summed E-state index contributed by atoms with van der Waals surface area (Å²) in [6, 6.07) is 4.09. The minimum absolute atomic E-state index is 0.153. The highest BCUT2D eigenvalue weighted by Crippen LogP contribution is 2.33. The minimum atomic E-state index is -0.182. The number of hydrogen-bond donors (Lipinski definition) is 1. The monoisotopic (exact) mass is 428 g/mol. The molecule has 3 heterocycles. The van der Waals surface area contributed by atoms with Gasteiger partial charge in [-0.05, 0) is 44.4 Å². The third-order valence-corrected chi connectivity index (χ3v) is 6.79. The van der Waals surface area contributed by atoms with E-state index < -0.39 is 0 Å². The average Bonchev–Trinajstić information content (AvgIpc) is 2.98. The van der Waals surface area contributed by atoms with Crippen molar-refractivity contribution in [3.05, 3.63) is 44.7 Å². The number of rotatable bonds is 4. The van der Waals surface area contributed by atoms with Gasteiger partial charge < -0.3 is 5.32 Å². The number of carbonyl (C=O) groups is 1. The van der Waals surface area contributed by atoms with Crippen LogP contribution in [0.25, 0.3) is 11.7 Å². The molecule has 0 spiro atoms. The van der Waals surface area contributed by atoms with E-state index >= 15 is 0 Å². The van der Waals surface area contributed by atoms with Crippen LogP contribution in [0.5, 0.6) is 0 Å². The van der Waals surface area contributed by atoms with Crippen LogP contribution in [0.15, 0.2) is 28.0 Å². The number of thiocarbonyl (C=S) groups is 1. The number of aromatic nitrogens is 2. The van der Waals surface area contributed by atoms with E-state index in [1.807, 2.05) is 26.0 Å². The number of carbonyl (C=O) groups excluding carboxylic acids is 1. The molecule has 152 valence electrons. The maximum Gasteiger partial charge on any atom is 0.267 e. The highest BCUT2D eigenvalue weighted by Gasteiger charge is 2.31. The molecule has 1 aliphatic carbocycles. The number of anilines is 1. The van der Waals surface area contributed by atoms with Crippen LogP contribution in [0.4, 0.5) is 5.82 Å². The molecule has 0 atom stereocenters. The van der Waals surface area contributed by atoms with Gasteiger partial charge >= 0.3 is 0 Å². The SMILES string of the molecule is CCN1C(=O)/C(=C\c2c(NC3CCCCC3)nc3ccc(C)cn3c2=O)SC1=S. The van der Waals surface area contributed by atoms with Gasteiger partial charge in [0.25, 0.3) is 11.5 Å². The van der Waals surface area contributed by atoms with Gasteiger partial charge in [-0.2, -0.15) is 0 Å². The number of nitrogens with zero attached hydrogens (tertiary/aromatic N) is 3. The Morgan fingerprint density at radius 3 is 2.72 bits per heavy atom. The lowest BCUT2D eigenvalue weighted by Gasteiger charge is -2.24. The van der Waals surface area contributed by atoms with E-state index in [-0.39, 0.29) is 11.5 Å². The summed E-state index contributed by atoms with van der Waals surface area (Å²) >= 11 is 6.55. The van der Waals surface area contributed by atoms with Crippen molar-refractivity contribution in [3.63, 3.8) is 0 Å². The molecule has 1 saturated heterocycles. The Bertz CT molecular complexity index is 1070. The summed E-state index contributed by atoms with van der Waals surface area (Å²) in [4.78, 5) is 32.8. The Morgan fingerprint density at radius 1 is 1.28 bits per heavy atom. The summed E-state index contributed by atoms with van der Waals surface area (Å²) in [7, 11) is 0. The van der Waals surface area contributed by atoms with Crippen LogP contribution in [0, 0.1) is 6.92 Å². The molecule has 1 aliphatic heterocycles. The number of nitrogens with one attached hydrogen (secondary N) is 1. The van der Waals surface area contributed by atoms with Crippen LogP contribution in [-0.4, -0.2) is 37.1 Å². The fourth-order valence-electron chi connectivity index (χ4n) is 3.84. The van der Waals surface area contributed by atoms with Crippen molar-refractivity contribution in [2.24, 2.45) is 0 Å². The van der Waals surface area contributed by atoms with Gasteiger partial charge in [-0.3, -0.25) is 18.9 Å². The fraction of sp³-hybridized carbons (Fsp3) is 0.429. The molecule has 0 unspecified atom stereocenters. The molecule has 0 radical (unpaired) electrons. The lowest BCUT2D eigenvalue weighted by molar-refractivity contribution is -0.121. The van der Waals surface area contributed by atoms with E-state index in [2.05, 4.69) is 5.32 Å². The van der Waals surface area contributed by atoms with Crippen molar-refractivity contribution in [3.8, 4) is 0 Å². The predicted molar refractivity (Wildman–Crippen MR) is 122 cm³/mol. The quantitative estimate of drug-likeness (QED) is 0.587. The third-order valence-electron chi connectivity index (χ3n) is 5.42. The number of fused-ring (bicyclic) bond motifs is 1. The maximum atomic E-state index is 13.3. The summed E-state index contributed by atoms with van der Waals surface area (Å²) in [5.41, 5.74) is 1.80. The zero-order valence-corrected chi connectivity index (χ0v) is 18.2. The lowest BCUT2D eigenvalue weighted by atomic mass is 9.95. The Balaban J connectivity index is 1.83. The minimum Gasteiger partial charge on any atom is -0.367 e. The number of likely N-dealkylation sites (N-methyl/N-ethyl adjacent to an activating group) is 1. The van der Waals surface area contributed by atoms with E-state index in [9.17, 15) is 9.59 Å². The molecular formula is C21H24N4O2S2. The van der Waals surface area contributed by atoms with Crippen LogP contribution in [0.2, 0.25) is 0 Å². The van der Waals surface area contributed by atoms with Crippen LogP contribution in [0.1, 0.15) is 50.2 Å². The zero-order valence-electron chi connectivity index (χ0n) is 16.6. The second kappa shape index (κ2) is 8.28. The average molecular weight is 429 g/mol. The second-order valence-corrected chi connectivity index (χ2v) is 9.19. The van der Waals surface area contributed by atoms with Crippen molar-refractivity contribution in [2.45, 2.75) is 52.0 Å². The lowest BCUT2D eigenvalue weighted by Crippen LogP contribution is -2.28. The molecule has 2 fully saturated rings. The van der Waals surface area contributed by atoms with Gasteiger partial charge in [0, 0.05) is 18.8 Å². The maximum absolute atomic E-state index is 13.3. The molecule has 29 heavy (non-hydrogen) atoms. The zero-order chi connectivity index (χ0) is 20.5. The van der Waals surface area contributed by atoms with Crippen molar-refractivity contribution < 1.29 is 4.79 Å². The predicted octanol–water partition coefficient (Wildman–Crippen LogP) is 3.97. The summed E-state index contributed by atoms with van der Waals surface area (Å²) in [6.45, 7) is 4.34. The highest BCUT2D eigenvalue weighted by atomic mass is 32.2. The molecule has 6 nitrogen and oxygen atoms in total. The molecule has 2 aromatic rings. The number of thioether (sulfide) groups is 1. The number of amides is 1. The first-order valence-electron chi connectivity index (χ1n) is 10.0. The molecule has 0 aromatic carbocycles. The van der Waals surface area contributed by atoms with Gasteiger partial charge in [0.05, 0.1) is 10.5 Å². The Labute approximate surface area is 179 Å². The van der Waals surface area contributed by atoms with Gasteiger partial charge in [0.2, 0.25) is 0 Å². The fourth-order valence-corrected chi connectivity index (χ4v) is 5.21. The largest absolute Gasteiger partial charge is 0.367 e. The molecule has 0 bridgehead atoms. The highest BCUT2D eigenvalue weighted by molar-refractivity contribution is 8.26. The molecule has 1 N–H and O–H groups in total. The number of pyridine rings is 1. The molecule has 4 rings (SSSR count). The van der Waals surface area contributed by atoms with Gasteiger partial charge in [-0.1, -0.05) is 49.3 Å². The normalized spacial score (nSPS) is 19.5. The standard InChI is InChI=1S/C21H24N4O2S2/c1-3-24-20(27)16(29-21(24)28)11-15-18(22-14-7-5-4-6-8-14)23-17-10-9-13(2)12-25(17)19(15)26/h9-12,14,22H,3-8H2,1-2H3/b16-11+. The molecular weight excluding hydrogens is 404 g/mol. The smallest absolute Gasteiger partial charge is 0.267 e. The van der Waals surface area contributed by atoms with E-state index in [0.29, 0.717) is 38.8 Å². The van der Waals surface area contributed by atoms with E-state index in [1.54, 1.807) is 21.6 Å².